The van der Waals surface area contributed by atoms with Crippen LogP contribution in [0.1, 0.15) is 265 Å². The Morgan fingerprint density at radius 1 is 0.373 bits per heavy atom. The van der Waals surface area contributed by atoms with Crippen LogP contribution in [0, 0.1) is 0 Å². The van der Waals surface area contributed by atoms with Gasteiger partial charge in [-0.05, 0) is 96.3 Å². The summed E-state index contributed by atoms with van der Waals surface area (Å²) < 4.78 is 0. The largest absolute Gasteiger partial charge is 0.386 e. The van der Waals surface area contributed by atoms with Crippen molar-refractivity contribution in [2.45, 2.75) is 283 Å². The van der Waals surface area contributed by atoms with E-state index in [1.165, 1.54) is 89.9 Å². The van der Waals surface area contributed by atoms with Crippen LogP contribution in [0.3, 0.4) is 0 Å². The molecule has 0 saturated carbocycles. The molecule has 59 heavy (non-hydrogen) atoms. The van der Waals surface area contributed by atoms with Crippen molar-refractivity contribution >= 4 is 17.3 Å². The van der Waals surface area contributed by atoms with E-state index in [1.54, 1.807) is 0 Å². The van der Waals surface area contributed by atoms with Crippen LogP contribution < -0.4 is 0 Å². The monoisotopic (exact) mass is 829 g/mol. The average Bonchev–Trinajstić information content (AvgIpc) is 3.24. The molecule has 3 unspecified atom stereocenters. The molecule has 3 N–H and O–H groups in total. The van der Waals surface area contributed by atoms with Crippen LogP contribution in [-0.2, 0) is 14.4 Å². The van der Waals surface area contributed by atoms with E-state index in [0.717, 1.165) is 116 Å². The van der Waals surface area contributed by atoms with Gasteiger partial charge in [-0.1, -0.05) is 186 Å². The van der Waals surface area contributed by atoms with Crippen molar-refractivity contribution in [3.8, 4) is 0 Å². The number of Topliss-reactive ketones (excluding diaryl/α,β-unsaturated/α-hetero) is 3. The molecule has 6 nitrogen and oxygen atoms in total. The number of allylic oxidation sites excluding steroid dienone is 6. The third-order valence-corrected chi connectivity index (χ3v) is 11.9. The highest BCUT2D eigenvalue weighted by Gasteiger charge is 2.52. The van der Waals surface area contributed by atoms with Gasteiger partial charge in [0.2, 0.25) is 5.60 Å². The number of hydrogen-bond acceptors (Lipinski definition) is 6. The van der Waals surface area contributed by atoms with Crippen LogP contribution in [0.4, 0.5) is 0 Å². The predicted molar refractivity (Wildman–Crippen MR) is 252 cm³/mol. The van der Waals surface area contributed by atoms with E-state index in [1.807, 2.05) is 0 Å². The van der Waals surface area contributed by atoms with Crippen LogP contribution >= 0.6 is 0 Å². The first-order valence-electron chi connectivity index (χ1n) is 25.4. The Kier molecular flexibility index (Phi) is 41.4. The van der Waals surface area contributed by atoms with Gasteiger partial charge in [0.05, 0.1) is 0 Å². The molecule has 0 fully saturated rings. The Morgan fingerprint density at radius 3 is 0.915 bits per heavy atom. The second-order valence-corrected chi connectivity index (χ2v) is 17.6. The lowest BCUT2D eigenvalue weighted by atomic mass is 9.79. The van der Waals surface area contributed by atoms with Crippen LogP contribution in [0.2, 0.25) is 0 Å². The lowest BCUT2D eigenvalue weighted by Crippen LogP contribution is -2.61. The molecule has 0 radical (unpaired) electrons. The first kappa shape index (κ1) is 57.1. The molecule has 6 heteroatoms. The molecule has 0 aliphatic heterocycles. The van der Waals surface area contributed by atoms with E-state index >= 15 is 0 Å². The molecule has 0 heterocycles. The van der Waals surface area contributed by atoms with Crippen molar-refractivity contribution < 1.29 is 29.7 Å². The Labute approximate surface area is 365 Å². The van der Waals surface area contributed by atoms with Crippen molar-refractivity contribution in [2.75, 3.05) is 0 Å². The summed E-state index contributed by atoms with van der Waals surface area (Å²) in [4.78, 5) is 40.1. The second-order valence-electron chi connectivity index (χ2n) is 17.6. The van der Waals surface area contributed by atoms with Gasteiger partial charge in [0.25, 0.3) is 0 Å². The van der Waals surface area contributed by atoms with Crippen LogP contribution in [0.5, 0.6) is 0 Å². The maximum absolute atomic E-state index is 13.6. The number of aliphatic hydroxyl groups excluding tert-OH is 2. The Balaban J connectivity index is 4.86. The number of unbranched alkanes of at least 4 members (excludes halogenated alkanes) is 29. The Bertz CT molecular complexity index is 1060. The van der Waals surface area contributed by atoms with Gasteiger partial charge in [0.15, 0.2) is 17.3 Å². The molecule has 0 aliphatic rings. The minimum atomic E-state index is -2.78. The molecule has 0 aromatic heterocycles. The fourth-order valence-electron chi connectivity index (χ4n) is 7.79. The smallest absolute Gasteiger partial charge is 0.210 e. The van der Waals surface area contributed by atoms with E-state index in [4.69, 9.17) is 0 Å². The molecule has 0 aromatic rings. The highest BCUT2D eigenvalue weighted by atomic mass is 16.4. The van der Waals surface area contributed by atoms with Crippen LogP contribution in [-0.4, -0.2) is 50.5 Å². The maximum Gasteiger partial charge on any atom is 0.210 e. The molecule has 0 aromatic carbocycles. The molecule has 344 valence electrons. The fourth-order valence-corrected chi connectivity index (χ4v) is 7.79. The summed E-state index contributed by atoms with van der Waals surface area (Å²) in [6.07, 6.45) is 47.3. The number of carbonyl (C=O) groups is 3. The minimum absolute atomic E-state index is 0.0383. The van der Waals surface area contributed by atoms with Crippen LogP contribution in [0.25, 0.3) is 0 Å². The van der Waals surface area contributed by atoms with Gasteiger partial charge in [-0.3, -0.25) is 14.4 Å². The molecule has 3 atom stereocenters. The molecular formula is C53H96O6. The summed E-state index contributed by atoms with van der Waals surface area (Å²) in [5.74, 6) is -2.19. The van der Waals surface area contributed by atoms with Gasteiger partial charge in [0.1, 0.15) is 12.2 Å². The topological polar surface area (TPSA) is 112 Å². The van der Waals surface area contributed by atoms with E-state index in [0.29, 0.717) is 19.3 Å². The van der Waals surface area contributed by atoms with E-state index in [9.17, 15) is 29.7 Å². The van der Waals surface area contributed by atoms with Gasteiger partial charge in [-0.2, -0.15) is 0 Å². The summed E-state index contributed by atoms with van der Waals surface area (Å²) in [6, 6.07) is 0. The summed E-state index contributed by atoms with van der Waals surface area (Å²) in [5.41, 5.74) is -2.78. The van der Waals surface area contributed by atoms with Gasteiger partial charge in [-0.25, -0.2) is 0 Å². The molecule has 0 spiro atoms. The number of rotatable bonds is 46. The standard InChI is InChI=1S/C53H96O6/c1-4-7-10-13-16-19-22-25-26-29-32-35-38-41-44-47-50(56)53(59,49(55)46-43-40-37-34-31-28-24-21-18-15-12-9-6-3)52(58)51(57)48(54)45-42-39-36-33-30-27-23-20-17-14-11-8-5-2/h20-21,23-26,51-52,57-59H,4-19,22,27-47H2,1-3H3/b23-20-,24-21-,26-25-. The van der Waals surface area contributed by atoms with Crippen molar-refractivity contribution in [1.29, 1.82) is 0 Å². The SMILES string of the molecule is CCCCCC/C=C\CCCCCCCC(=O)C(O)C(O)C(O)(C(=O)CCCCCCC/C=C\CCCCCC)C(=O)CCCCCCC/C=C\CCCCCCCC. The highest BCUT2D eigenvalue weighted by Crippen LogP contribution is 2.25. The zero-order valence-corrected chi connectivity index (χ0v) is 39.1. The van der Waals surface area contributed by atoms with E-state index < -0.39 is 35.2 Å². The third kappa shape index (κ3) is 32.5. The zero-order valence-electron chi connectivity index (χ0n) is 39.1. The lowest BCUT2D eigenvalue weighted by molar-refractivity contribution is -0.174. The molecule has 0 saturated heterocycles. The van der Waals surface area contributed by atoms with E-state index in [-0.39, 0.29) is 19.3 Å². The first-order valence-corrected chi connectivity index (χ1v) is 25.4. The maximum atomic E-state index is 13.6. The first-order chi connectivity index (χ1) is 28.8. The molecule has 0 aliphatic carbocycles. The number of ketones is 3. The van der Waals surface area contributed by atoms with E-state index in [2.05, 4.69) is 57.2 Å². The highest BCUT2D eigenvalue weighted by molar-refractivity contribution is 6.11. The van der Waals surface area contributed by atoms with Crippen molar-refractivity contribution in [3.63, 3.8) is 0 Å². The van der Waals surface area contributed by atoms with Gasteiger partial charge < -0.3 is 15.3 Å². The van der Waals surface area contributed by atoms with Gasteiger partial charge in [-0.15, -0.1) is 0 Å². The number of aliphatic hydroxyl groups is 3. The summed E-state index contributed by atoms with van der Waals surface area (Å²) >= 11 is 0. The molecule has 0 bridgehead atoms. The lowest BCUT2D eigenvalue weighted by Gasteiger charge is -2.32. The average molecular weight is 829 g/mol. The quantitative estimate of drug-likeness (QED) is 0.0320. The molecular weight excluding hydrogens is 733 g/mol. The van der Waals surface area contributed by atoms with Crippen molar-refractivity contribution in [2.24, 2.45) is 0 Å². The van der Waals surface area contributed by atoms with Gasteiger partial charge in [0, 0.05) is 19.3 Å². The minimum Gasteiger partial charge on any atom is -0.386 e. The summed E-state index contributed by atoms with van der Waals surface area (Å²) in [5, 5.41) is 33.8. The number of carbonyl (C=O) groups excluding carboxylic acids is 3. The summed E-state index contributed by atoms with van der Waals surface area (Å²) in [7, 11) is 0. The predicted octanol–water partition coefficient (Wildman–Crippen LogP) is 14.7. The van der Waals surface area contributed by atoms with Crippen molar-refractivity contribution in [1.82, 2.24) is 0 Å². The molecule has 0 rings (SSSR count). The Morgan fingerprint density at radius 2 is 0.610 bits per heavy atom. The fraction of sp³-hybridized carbons (Fsp3) is 0.830. The number of hydrogen-bond donors (Lipinski definition) is 3. The third-order valence-electron chi connectivity index (χ3n) is 11.9. The zero-order chi connectivity index (χ0) is 43.5. The second kappa shape index (κ2) is 42.8. The summed E-state index contributed by atoms with van der Waals surface area (Å²) in [6.45, 7) is 6.70. The van der Waals surface area contributed by atoms with Crippen LogP contribution in [0.15, 0.2) is 36.5 Å². The Hall–Kier alpha value is -1.89. The van der Waals surface area contributed by atoms with Crippen molar-refractivity contribution in [3.05, 3.63) is 36.5 Å². The van der Waals surface area contributed by atoms with Gasteiger partial charge >= 0.3 is 0 Å². The molecule has 0 amide bonds. The normalized spacial score (nSPS) is 14.1.